The van der Waals surface area contributed by atoms with E-state index in [9.17, 15) is 4.79 Å². The molecule has 0 saturated carbocycles. The van der Waals surface area contributed by atoms with Crippen molar-refractivity contribution in [2.75, 3.05) is 5.32 Å². The number of thiophene rings is 1. The predicted octanol–water partition coefficient (Wildman–Crippen LogP) is 4.69. The molecule has 1 N–H and O–H groups in total. The van der Waals surface area contributed by atoms with Crippen molar-refractivity contribution in [3.8, 4) is 11.5 Å². The third-order valence-corrected chi connectivity index (χ3v) is 6.07. The van der Waals surface area contributed by atoms with Crippen LogP contribution in [0.4, 0.5) is 5.69 Å². The van der Waals surface area contributed by atoms with Crippen LogP contribution in [0.2, 0.25) is 0 Å². The number of rotatable bonds is 8. The van der Waals surface area contributed by atoms with Gasteiger partial charge in [0.1, 0.15) is 11.5 Å². The van der Waals surface area contributed by atoms with Crippen molar-refractivity contribution >= 4 is 34.7 Å². The van der Waals surface area contributed by atoms with E-state index in [4.69, 9.17) is 4.74 Å². The summed E-state index contributed by atoms with van der Waals surface area (Å²) in [5.41, 5.74) is 0.700. The fourth-order valence-corrected chi connectivity index (χ4v) is 4.09. The molecule has 2 heterocycles. The topological polar surface area (TPSA) is 81.9 Å². The van der Waals surface area contributed by atoms with Gasteiger partial charge in [-0.2, -0.15) is 0 Å². The molecule has 0 bridgehead atoms. The molecule has 0 aliphatic carbocycles. The first kappa shape index (κ1) is 20.1. The molecule has 0 saturated heterocycles. The van der Waals surface area contributed by atoms with Crippen LogP contribution in [0.25, 0.3) is 0 Å². The standard InChI is InChI=1S/C21H19N5O2S2/c1-15(30-21-23-24-25-26(21)14-19-8-5-13-29-19)20(27)22-16-9-11-18(12-10-16)28-17-6-3-2-4-7-17/h2-13,15H,14H2,1H3,(H,22,27)/t15-/m0/s1. The highest BCUT2D eigenvalue weighted by atomic mass is 32.2. The zero-order valence-corrected chi connectivity index (χ0v) is 17.8. The molecule has 0 aliphatic rings. The van der Waals surface area contributed by atoms with Crippen LogP contribution >= 0.6 is 23.1 Å². The quantitative estimate of drug-likeness (QED) is 0.403. The number of nitrogens with one attached hydrogen (secondary N) is 1. The van der Waals surface area contributed by atoms with Crippen LogP contribution < -0.4 is 10.1 Å². The first-order valence-corrected chi connectivity index (χ1v) is 11.0. The van der Waals surface area contributed by atoms with Gasteiger partial charge in [0.25, 0.3) is 0 Å². The molecule has 152 valence electrons. The van der Waals surface area contributed by atoms with E-state index in [2.05, 4.69) is 20.8 Å². The molecule has 1 atom stereocenters. The summed E-state index contributed by atoms with van der Waals surface area (Å²) >= 11 is 2.97. The van der Waals surface area contributed by atoms with E-state index in [1.54, 1.807) is 16.0 Å². The van der Waals surface area contributed by atoms with Crippen LogP contribution in [0.5, 0.6) is 11.5 Å². The lowest BCUT2D eigenvalue weighted by Gasteiger charge is -2.12. The normalized spacial score (nSPS) is 11.8. The van der Waals surface area contributed by atoms with Crippen molar-refractivity contribution in [3.05, 3.63) is 77.0 Å². The van der Waals surface area contributed by atoms with Gasteiger partial charge >= 0.3 is 0 Å². The fraction of sp³-hybridized carbons (Fsp3) is 0.143. The summed E-state index contributed by atoms with van der Waals surface area (Å²) in [4.78, 5) is 13.8. The number of aromatic nitrogens is 4. The van der Waals surface area contributed by atoms with Gasteiger partial charge in [-0.15, -0.1) is 16.4 Å². The maximum absolute atomic E-state index is 12.6. The molecule has 4 aromatic rings. The summed E-state index contributed by atoms with van der Waals surface area (Å²) in [6.07, 6.45) is 0. The highest BCUT2D eigenvalue weighted by Gasteiger charge is 2.19. The summed E-state index contributed by atoms with van der Waals surface area (Å²) in [5, 5.41) is 17.0. The Balaban J connectivity index is 1.33. The average molecular weight is 438 g/mol. The Morgan fingerprint density at radius 2 is 1.87 bits per heavy atom. The number of carbonyl (C=O) groups excluding carboxylic acids is 1. The molecule has 4 rings (SSSR count). The van der Waals surface area contributed by atoms with Crippen LogP contribution in [0, 0.1) is 0 Å². The highest BCUT2D eigenvalue weighted by Crippen LogP contribution is 2.25. The van der Waals surface area contributed by atoms with E-state index in [1.807, 2.05) is 79.0 Å². The minimum Gasteiger partial charge on any atom is -0.457 e. The minimum atomic E-state index is -0.363. The van der Waals surface area contributed by atoms with Crippen molar-refractivity contribution in [1.82, 2.24) is 20.2 Å². The van der Waals surface area contributed by atoms with E-state index in [1.165, 1.54) is 11.8 Å². The zero-order valence-electron chi connectivity index (χ0n) is 16.1. The first-order valence-electron chi connectivity index (χ1n) is 9.26. The van der Waals surface area contributed by atoms with E-state index in [0.717, 1.165) is 10.6 Å². The van der Waals surface area contributed by atoms with E-state index in [0.29, 0.717) is 23.1 Å². The second-order valence-electron chi connectivity index (χ2n) is 6.39. The first-order chi connectivity index (χ1) is 14.7. The number of carbonyl (C=O) groups is 1. The van der Waals surface area contributed by atoms with Gasteiger partial charge in [0.05, 0.1) is 11.8 Å². The molecule has 9 heteroatoms. The molecular weight excluding hydrogens is 418 g/mol. The van der Waals surface area contributed by atoms with Crippen LogP contribution in [0.1, 0.15) is 11.8 Å². The van der Waals surface area contributed by atoms with Crippen LogP contribution in [-0.4, -0.2) is 31.4 Å². The summed E-state index contributed by atoms with van der Waals surface area (Å²) < 4.78 is 7.48. The summed E-state index contributed by atoms with van der Waals surface area (Å²) in [7, 11) is 0. The lowest BCUT2D eigenvalue weighted by atomic mass is 10.3. The van der Waals surface area contributed by atoms with E-state index in [-0.39, 0.29) is 11.2 Å². The number of thioether (sulfide) groups is 1. The predicted molar refractivity (Wildman–Crippen MR) is 118 cm³/mol. The maximum Gasteiger partial charge on any atom is 0.237 e. The molecule has 0 aliphatic heterocycles. The van der Waals surface area contributed by atoms with Crippen LogP contribution in [0.3, 0.4) is 0 Å². The van der Waals surface area contributed by atoms with Gasteiger partial charge in [-0.1, -0.05) is 36.0 Å². The summed E-state index contributed by atoms with van der Waals surface area (Å²) in [6, 6.07) is 20.8. The highest BCUT2D eigenvalue weighted by molar-refractivity contribution is 8.00. The summed E-state index contributed by atoms with van der Waals surface area (Å²) in [6.45, 7) is 2.42. The Morgan fingerprint density at radius 3 is 2.60 bits per heavy atom. The molecule has 1 amide bonds. The second-order valence-corrected chi connectivity index (χ2v) is 8.73. The van der Waals surface area contributed by atoms with E-state index >= 15 is 0 Å². The molecule has 0 fully saturated rings. The Labute approximate surface area is 182 Å². The van der Waals surface area contributed by atoms with Crippen LogP contribution in [-0.2, 0) is 11.3 Å². The van der Waals surface area contributed by atoms with Gasteiger partial charge in [0, 0.05) is 10.6 Å². The van der Waals surface area contributed by atoms with Crippen molar-refractivity contribution < 1.29 is 9.53 Å². The lowest BCUT2D eigenvalue weighted by Crippen LogP contribution is -2.23. The molecule has 0 unspecified atom stereocenters. The number of nitrogens with zero attached hydrogens (tertiary/aromatic N) is 4. The third-order valence-electron chi connectivity index (χ3n) is 4.14. The van der Waals surface area contributed by atoms with Crippen LogP contribution in [0.15, 0.2) is 77.3 Å². The Kier molecular flexibility index (Phi) is 6.41. The zero-order chi connectivity index (χ0) is 20.8. The van der Waals surface area contributed by atoms with Gasteiger partial charge in [0.15, 0.2) is 0 Å². The maximum atomic E-state index is 12.6. The molecule has 0 spiro atoms. The van der Waals surface area contributed by atoms with Gasteiger partial charge in [-0.3, -0.25) is 4.79 Å². The largest absolute Gasteiger partial charge is 0.457 e. The van der Waals surface area contributed by atoms with Crippen molar-refractivity contribution in [3.63, 3.8) is 0 Å². The molecule has 2 aromatic heterocycles. The molecular formula is C21H19N5O2S2. The molecule has 0 radical (unpaired) electrons. The third kappa shape index (κ3) is 5.25. The summed E-state index contributed by atoms with van der Waals surface area (Å²) in [5.74, 6) is 1.34. The number of tetrazole rings is 1. The van der Waals surface area contributed by atoms with Gasteiger partial charge < -0.3 is 10.1 Å². The van der Waals surface area contributed by atoms with Gasteiger partial charge in [-0.25, -0.2) is 4.68 Å². The molecule has 7 nitrogen and oxygen atoms in total. The van der Waals surface area contributed by atoms with Crippen molar-refractivity contribution in [2.45, 2.75) is 23.9 Å². The number of anilines is 1. The molecule has 2 aromatic carbocycles. The smallest absolute Gasteiger partial charge is 0.237 e. The Morgan fingerprint density at radius 1 is 1.10 bits per heavy atom. The molecule has 30 heavy (non-hydrogen) atoms. The van der Waals surface area contributed by atoms with Crippen molar-refractivity contribution in [1.29, 1.82) is 0 Å². The average Bonchev–Trinajstić information content (AvgIpc) is 3.43. The number of amides is 1. The number of hydrogen-bond donors (Lipinski definition) is 1. The number of ether oxygens (including phenoxy) is 1. The monoisotopic (exact) mass is 437 g/mol. The second kappa shape index (κ2) is 9.55. The SMILES string of the molecule is C[C@H](Sc1nnnn1Cc1cccs1)C(=O)Nc1ccc(Oc2ccccc2)cc1. The minimum absolute atomic E-state index is 0.123. The van der Waals surface area contributed by atoms with Gasteiger partial charge in [0.2, 0.25) is 11.1 Å². The number of para-hydroxylation sites is 1. The lowest BCUT2D eigenvalue weighted by molar-refractivity contribution is -0.115. The Bertz CT molecular complexity index is 1080. The Hall–Kier alpha value is -3.17. The number of hydrogen-bond acceptors (Lipinski definition) is 7. The number of benzene rings is 2. The fourth-order valence-electron chi connectivity index (χ4n) is 2.62. The van der Waals surface area contributed by atoms with Gasteiger partial charge in [-0.05, 0) is 65.2 Å². The van der Waals surface area contributed by atoms with Crippen molar-refractivity contribution in [2.24, 2.45) is 0 Å². The van der Waals surface area contributed by atoms with E-state index < -0.39 is 0 Å².